The minimum Gasteiger partial charge on any atom is -0.454 e. The Bertz CT molecular complexity index is 910. The second-order valence-electron chi connectivity index (χ2n) is 7.52. The Balaban J connectivity index is 1.28. The van der Waals surface area contributed by atoms with Gasteiger partial charge in [-0.05, 0) is 47.9 Å². The predicted molar refractivity (Wildman–Crippen MR) is 94.2 cm³/mol. The lowest BCUT2D eigenvalue weighted by Crippen LogP contribution is -2.14. The van der Waals surface area contributed by atoms with Crippen LogP contribution in [0.1, 0.15) is 28.9 Å². The van der Waals surface area contributed by atoms with Crippen LogP contribution in [0.3, 0.4) is 0 Å². The number of rotatable bonds is 2. The first-order valence-electron chi connectivity index (χ1n) is 9.31. The number of hydrogen-bond acceptors (Lipinski definition) is 6. The Morgan fingerprint density at radius 3 is 2.22 bits per heavy atom. The monoisotopic (exact) mass is 368 g/mol. The average Bonchev–Trinajstić information content (AvgIpc) is 3.43. The van der Waals surface area contributed by atoms with Gasteiger partial charge in [0.05, 0.1) is 25.4 Å². The molecule has 0 bridgehead atoms. The van der Waals surface area contributed by atoms with Gasteiger partial charge in [0, 0.05) is 11.8 Å². The van der Waals surface area contributed by atoms with Crippen LogP contribution < -0.4 is 18.9 Å². The summed E-state index contributed by atoms with van der Waals surface area (Å²) in [6, 6.07) is 10.3. The van der Waals surface area contributed by atoms with E-state index in [1.807, 2.05) is 19.1 Å². The highest BCUT2D eigenvalue weighted by Crippen LogP contribution is 2.52. The van der Waals surface area contributed by atoms with Crippen molar-refractivity contribution >= 4 is 0 Å². The van der Waals surface area contributed by atoms with E-state index in [0.29, 0.717) is 25.0 Å². The Morgan fingerprint density at radius 1 is 0.704 bits per heavy atom. The molecule has 0 spiro atoms. The summed E-state index contributed by atoms with van der Waals surface area (Å²) in [7, 11) is 0. The van der Waals surface area contributed by atoms with Gasteiger partial charge in [0.1, 0.15) is 0 Å². The number of benzene rings is 2. The van der Waals surface area contributed by atoms with Crippen molar-refractivity contribution in [1.82, 2.24) is 0 Å². The maximum atomic E-state index is 6.23. The fourth-order valence-electron chi connectivity index (χ4n) is 4.70. The van der Waals surface area contributed by atoms with Gasteiger partial charge in [0.2, 0.25) is 13.6 Å². The third-order valence-corrected chi connectivity index (χ3v) is 6.00. The minimum atomic E-state index is 0.0159. The summed E-state index contributed by atoms with van der Waals surface area (Å²) in [6.07, 6.45) is 0.0341. The molecule has 6 rings (SSSR count). The predicted octanol–water partition coefficient (Wildman–Crippen LogP) is 3.53. The summed E-state index contributed by atoms with van der Waals surface area (Å²) in [5, 5.41) is 0. The van der Waals surface area contributed by atoms with Crippen molar-refractivity contribution in [1.29, 1.82) is 0 Å². The molecule has 0 N–H and O–H groups in total. The first kappa shape index (κ1) is 15.6. The van der Waals surface area contributed by atoms with Crippen LogP contribution in [0, 0.1) is 18.8 Å². The quantitative estimate of drug-likeness (QED) is 0.808. The normalized spacial score (nSPS) is 30.0. The molecule has 140 valence electrons. The standard InChI is InChI=1S/C21H20O6/c1-11-4-13(6-18-19(11)27-10-26-18)21-15-8-22-20(14(15)7-23-21)12-2-3-16-17(5-12)25-9-24-16/h2-6,14-15,20-21H,7-10H2,1H3. The summed E-state index contributed by atoms with van der Waals surface area (Å²) < 4.78 is 34.5. The average molecular weight is 368 g/mol. The van der Waals surface area contributed by atoms with E-state index in [2.05, 4.69) is 18.2 Å². The summed E-state index contributed by atoms with van der Waals surface area (Å²) in [4.78, 5) is 0. The largest absolute Gasteiger partial charge is 0.454 e. The van der Waals surface area contributed by atoms with E-state index in [1.165, 1.54) is 0 Å². The van der Waals surface area contributed by atoms with Crippen LogP contribution in [0.25, 0.3) is 0 Å². The number of fused-ring (bicyclic) bond motifs is 3. The fraction of sp³-hybridized carbons (Fsp3) is 0.429. The van der Waals surface area contributed by atoms with E-state index >= 15 is 0 Å². The zero-order valence-corrected chi connectivity index (χ0v) is 15.0. The lowest BCUT2D eigenvalue weighted by Gasteiger charge is -2.18. The van der Waals surface area contributed by atoms with Crippen LogP contribution in [0.2, 0.25) is 0 Å². The van der Waals surface area contributed by atoms with E-state index in [4.69, 9.17) is 28.4 Å². The Labute approximate surface area is 156 Å². The molecule has 4 heterocycles. The van der Waals surface area contributed by atoms with Crippen molar-refractivity contribution in [3.63, 3.8) is 0 Å². The zero-order valence-electron chi connectivity index (χ0n) is 15.0. The molecular formula is C21H20O6. The van der Waals surface area contributed by atoms with Crippen molar-refractivity contribution < 1.29 is 28.4 Å². The molecular weight excluding hydrogens is 348 g/mol. The van der Waals surface area contributed by atoms with E-state index in [-0.39, 0.29) is 25.8 Å². The second-order valence-corrected chi connectivity index (χ2v) is 7.52. The maximum Gasteiger partial charge on any atom is 0.231 e. The summed E-state index contributed by atoms with van der Waals surface area (Å²) in [6.45, 7) is 3.98. The van der Waals surface area contributed by atoms with Gasteiger partial charge in [-0.25, -0.2) is 0 Å². The van der Waals surface area contributed by atoms with Crippen molar-refractivity contribution in [2.45, 2.75) is 19.1 Å². The van der Waals surface area contributed by atoms with Crippen molar-refractivity contribution in [3.05, 3.63) is 47.0 Å². The minimum absolute atomic E-state index is 0.0159. The van der Waals surface area contributed by atoms with E-state index in [0.717, 1.165) is 39.7 Å². The summed E-state index contributed by atoms with van der Waals surface area (Å²) in [5.74, 6) is 3.88. The number of aryl methyl sites for hydroxylation is 1. The number of hydrogen-bond donors (Lipinski definition) is 0. The highest BCUT2D eigenvalue weighted by molar-refractivity contribution is 5.51. The topological polar surface area (TPSA) is 55.4 Å². The van der Waals surface area contributed by atoms with Crippen LogP contribution in [-0.2, 0) is 9.47 Å². The maximum absolute atomic E-state index is 6.23. The van der Waals surface area contributed by atoms with Gasteiger partial charge in [0.25, 0.3) is 0 Å². The molecule has 2 aromatic carbocycles. The van der Waals surface area contributed by atoms with Gasteiger partial charge >= 0.3 is 0 Å². The molecule has 27 heavy (non-hydrogen) atoms. The Hall–Kier alpha value is -2.44. The van der Waals surface area contributed by atoms with Crippen LogP contribution >= 0.6 is 0 Å². The SMILES string of the molecule is Cc1cc(C2OCC3C(c4ccc5c(c4)OCO5)OCC23)cc2c1OCO2. The molecule has 4 aliphatic rings. The smallest absolute Gasteiger partial charge is 0.231 e. The highest BCUT2D eigenvalue weighted by atomic mass is 16.7. The van der Waals surface area contributed by atoms with Gasteiger partial charge in [-0.15, -0.1) is 0 Å². The van der Waals surface area contributed by atoms with E-state index < -0.39 is 0 Å². The third kappa shape index (κ3) is 2.33. The first-order chi connectivity index (χ1) is 13.3. The summed E-state index contributed by atoms with van der Waals surface area (Å²) in [5.41, 5.74) is 3.34. The van der Waals surface area contributed by atoms with Gasteiger partial charge in [0.15, 0.2) is 23.0 Å². The van der Waals surface area contributed by atoms with Crippen LogP contribution in [0.5, 0.6) is 23.0 Å². The highest BCUT2D eigenvalue weighted by Gasteiger charge is 2.48. The second kappa shape index (κ2) is 5.78. The molecule has 0 amide bonds. The summed E-state index contributed by atoms with van der Waals surface area (Å²) >= 11 is 0. The molecule has 2 aromatic rings. The van der Waals surface area contributed by atoms with Gasteiger partial charge in [-0.2, -0.15) is 0 Å². The molecule has 2 fully saturated rings. The van der Waals surface area contributed by atoms with Gasteiger partial charge < -0.3 is 28.4 Å². The molecule has 6 nitrogen and oxygen atoms in total. The first-order valence-corrected chi connectivity index (χ1v) is 9.31. The number of ether oxygens (including phenoxy) is 6. The van der Waals surface area contributed by atoms with E-state index in [9.17, 15) is 0 Å². The van der Waals surface area contributed by atoms with Crippen LogP contribution in [-0.4, -0.2) is 26.8 Å². The molecule has 0 aromatic heterocycles. The Kier molecular flexibility index (Phi) is 3.34. The lowest BCUT2D eigenvalue weighted by atomic mass is 9.84. The van der Waals surface area contributed by atoms with Crippen molar-refractivity contribution in [2.24, 2.45) is 11.8 Å². The molecule has 4 atom stereocenters. The molecule has 0 aliphatic carbocycles. The molecule has 0 radical (unpaired) electrons. The van der Waals surface area contributed by atoms with Gasteiger partial charge in [-0.1, -0.05) is 6.07 Å². The van der Waals surface area contributed by atoms with Crippen molar-refractivity contribution in [3.8, 4) is 23.0 Å². The fourth-order valence-corrected chi connectivity index (χ4v) is 4.70. The lowest BCUT2D eigenvalue weighted by molar-refractivity contribution is 0.0192. The third-order valence-electron chi connectivity index (χ3n) is 6.00. The van der Waals surface area contributed by atoms with Crippen LogP contribution in [0.15, 0.2) is 30.3 Å². The zero-order chi connectivity index (χ0) is 18.0. The molecule has 2 saturated heterocycles. The molecule has 4 unspecified atom stereocenters. The van der Waals surface area contributed by atoms with E-state index in [1.54, 1.807) is 0 Å². The van der Waals surface area contributed by atoms with Crippen molar-refractivity contribution in [2.75, 3.05) is 26.8 Å². The molecule has 4 aliphatic heterocycles. The molecule has 0 saturated carbocycles. The Morgan fingerprint density at radius 2 is 1.37 bits per heavy atom. The van der Waals surface area contributed by atoms with Crippen LogP contribution in [0.4, 0.5) is 0 Å². The van der Waals surface area contributed by atoms with Gasteiger partial charge in [-0.3, -0.25) is 0 Å². The molecule has 6 heteroatoms.